The molecule has 0 saturated carbocycles. The first kappa shape index (κ1) is 21.7. The van der Waals surface area contributed by atoms with Crippen LogP contribution in [-0.2, 0) is 9.53 Å². The second kappa shape index (κ2) is 8.78. The Morgan fingerprint density at radius 3 is 2.37 bits per heavy atom. The van der Waals surface area contributed by atoms with Crippen molar-refractivity contribution in [3.63, 3.8) is 0 Å². The Morgan fingerprint density at radius 2 is 1.77 bits per heavy atom. The fourth-order valence-electron chi connectivity index (χ4n) is 3.84. The number of hydrogen-bond acceptors (Lipinski definition) is 4. The quantitative estimate of drug-likeness (QED) is 0.783. The van der Waals surface area contributed by atoms with Gasteiger partial charge in [0.15, 0.2) is 0 Å². The summed E-state index contributed by atoms with van der Waals surface area (Å²) in [4.78, 5) is 26.0. The average Bonchev–Trinajstić information content (AvgIpc) is 2.72. The maximum absolute atomic E-state index is 12.5. The fourth-order valence-corrected chi connectivity index (χ4v) is 3.84. The van der Waals surface area contributed by atoms with Gasteiger partial charge < -0.3 is 19.5 Å². The van der Waals surface area contributed by atoms with E-state index in [1.54, 1.807) is 27.9 Å². The maximum atomic E-state index is 12.5. The van der Waals surface area contributed by atoms with Gasteiger partial charge in [0, 0.05) is 19.0 Å². The molecule has 30 heavy (non-hydrogen) atoms. The van der Waals surface area contributed by atoms with Crippen LogP contribution in [-0.4, -0.2) is 47.9 Å². The normalized spacial score (nSPS) is 19.3. The molecule has 0 aliphatic carbocycles. The number of likely N-dealkylation sites (tertiary alicyclic amines) is 1. The first-order valence-electron chi connectivity index (χ1n) is 10.1. The highest BCUT2D eigenvalue weighted by atomic mass is 16.6. The first-order chi connectivity index (χ1) is 14.2. The number of aliphatic carboxylic acids is 1. The van der Waals surface area contributed by atoms with E-state index in [1.165, 1.54) is 4.90 Å². The third-order valence-corrected chi connectivity index (χ3v) is 5.28. The van der Waals surface area contributed by atoms with Gasteiger partial charge in [-0.2, -0.15) is 0 Å². The van der Waals surface area contributed by atoms with Gasteiger partial charge >= 0.3 is 12.1 Å². The van der Waals surface area contributed by atoms with Gasteiger partial charge in [-0.3, -0.25) is 4.79 Å². The summed E-state index contributed by atoms with van der Waals surface area (Å²) >= 11 is 0. The standard InChI is InChI=1S/C24H29NO5/c1-24(2,3)30-23(28)25-11-10-20(21(15-25)22(26)27)18-12-17(13-19(14-18)29-4)16-8-6-5-7-9-16/h5-9,12-14,20-21H,10-11,15H2,1-4H3,(H,26,27)/t20-,21?/m1/s1. The summed E-state index contributed by atoms with van der Waals surface area (Å²) < 4.78 is 10.9. The molecule has 160 valence electrons. The molecule has 1 amide bonds. The summed E-state index contributed by atoms with van der Waals surface area (Å²) in [6.07, 6.45) is 0.0697. The number of ether oxygens (including phenoxy) is 2. The van der Waals surface area contributed by atoms with Gasteiger partial charge in [-0.1, -0.05) is 36.4 Å². The Hall–Kier alpha value is -3.02. The van der Waals surface area contributed by atoms with Crippen molar-refractivity contribution in [2.45, 2.75) is 38.7 Å². The highest BCUT2D eigenvalue weighted by molar-refractivity contribution is 5.75. The highest BCUT2D eigenvalue weighted by Crippen LogP contribution is 2.38. The van der Waals surface area contributed by atoms with E-state index in [0.717, 1.165) is 16.7 Å². The Labute approximate surface area is 177 Å². The van der Waals surface area contributed by atoms with Gasteiger partial charge in [0.2, 0.25) is 0 Å². The minimum Gasteiger partial charge on any atom is -0.497 e. The van der Waals surface area contributed by atoms with Crippen LogP contribution in [0.25, 0.3) is 11.1 Å². The largest absolute Gasteiger partial charge is 0.497 e. The molecule has 1 aliphatic rings. The van der Waals surface area contributed by atoms with Crippen molar-refractivity contribution in [1.29, 1.82) is 0 Å². The van der Waals surface area contributed by atoms with E-state index in [-0.39, 0.29) is 12.5 Å². The Morgan fingerprint density at radius 1 is 1.07 bits per heavy atom. The van der Waals surface area contributed by atoms with E-state index in [0.29, 0.717) is 18.7 Å². The third kappa shape index (κ3) is 5.12. The molecule has 2 atom stereocenters. The molecule has 2 aromatic carbocycles. The number of carbonyl (C=O) groups excluding carboxylic acids is 1. The Balaban J connectivity index is 1.89. The van der Waals surface area contributed by atoms with Crippen molar-refractivity contribution in [3.05, 3.63) is 54.1 Å². The van der Waals surface area contributed by atoms with Gasteiger partial charge in [0.1, 0.15) is 11.4 Å². The maximum Gasteiger partial charge on any atom is 0.410 e. The molecule has 6 nitrogen and oxygen atoms in total. The predicted octanol–water partition coefficient (Wildman–Crippen LogP) is 4.79. The Bertz CT molecular complexity index is 904. The zero-order chi connectivity index (χ0) is 21.9. The molecule has 1 aliphatic heterocycles. The summed E-state index contributed by atoms with van der Waals surface area (Å²) in [5.41, 5.74) is 2.30. The molecule has 1 N–H and O–H groups in total. The van der Waals surface area contributed by atoms with Crippen LogP contribution in [0.15, 0.2) is 48.5 Å². The molecule has 1 unspecified atom stereocenters. The molecule has 0 spiro atoms. The van der Waals surface area contributed by atoms with E-state index < -0.39 is 23.6 Å². The summed E-state index contributed by atoms with van der Waals surface area (Å²) in [5.74, 6) is -1.18. The fraction of sp³-hybridized carbons (Fsp3) is 0.417. The monoisotopic (exact) mass is 411 g/mol. The molecule has 6 heteroatoms. The number of methoxy groups -OCH3 is 1. The van der Waals surface area contributed by atoms with Crippen molar-refractivity contribution in [2.75, 3.05) is 20.2 Å². The zero-order valence-electron chi connectivity index (χ0n) is 17.9. The van der Waals surface area contributed by atoms with Crippen molar-refractivity contribution in [3.8, 4) is 16.9 Å². The van der Waals surface area contributed by atoms with Crippen LogP contribution in [0.5, 0.6) is 5.75 Å². The number of carboxylic acid groups (broad SMARTS) is 1. The SMILES string of the molecule is COc1cc(-c2ccccc2)cc([C@H]2CCN(C(=O)OC(C)(C)C)CC2C(=O)O)c1. The summed E-state index contributed by atoms with van der Waals surface area (Å²) in [6.45, 7) is 5.96. The number of rotatable bonds is 4. The second-order valence-corrected chi connectivity index (χ2v) is 8.63. The molecule has 3 rings (SSSR count). The van der Waals surface area contributed by atoms with Gasteiger partial charge in [-0.25, -0.2) is 4.79 Å². The molecule has 2 aromatic rings. The topological polar surface area (TPSA) is 76.1 Å². The summed E-state index contributed by atoms with van der Waals surface area (Å²) in [5, 5.41) is 9.90. The van der Waals surface area contributed by atoms with E-state index in [1.807, 2.05) is 48.5 Å². The number of hydrogen-bond donors (Lipinski definition) is 1. The predicted molar refractivity (Wildman–Crippen MR) is 115 cm³/mol. The molecule has 1 saturated heterocycles. The zero-order valence-corrected chi connectivity index (χ0v) is 17.9. The Kier molecular flexibility index (Phi) is 6.34. The second-order valence-electron chi connectivity index (χ2n) is 8.63. The van der Waals surface area contributed by atoms with E-state index in [9.17, 15) is 14.7 Å². The van der Waals surface area contributed by atoms with Crippen LogP contribution in [0.1, 0.15) is 38.7 Å². The minimum absolute atomic E-state index is 0.118. The molecular weight excluding hydrogens is 382 g/mol. The number of benzene rings is 2. The summed E-state index contributed by atoms with van der Waals surface area (Å²) in [6, 6.07) is 15.8. The van der Waals surface area contributed by atoms with E-state index in [2.05, 4.69) is 0 Å². The molecule has 0 aromatic heterocycles. The number of nitrogens with zero attached hydrogens (tertiary/aromatic N) is 1. The van der Waals surface area contributed by atoms with Gasteiger partial charge in [-0.05, 0) is 56.0 Å². The lowest BCUT2D eigenvalue weighted by molar-refractivity contribution is -0.144. The van der Waals surface area contributed by atoms with E-state index >= 15 is 0 Å². The smallest absolute Gasteiger partial charge is 0.410 e. The molecule has 0 bridgehead atoms. The van der Waals surface area contributed by atoms with Crippen LogP contribution < -0.4 is 4.74 Å². The number of carboxylic acids is 1. The number of amides is 1. The molecular formula is C24H29NO5. The average molecular weight is 411 g/mol. The van der Waals surface area contributed by atoms with Gasteiger partial charge in [-0.15, -0.1) is 0 Å². The lowest BCUT2D eigenvalue weighted by Gasteiger charge is -2.37. The lowest BCUT2D eigenvalue weighted by atomic mass is 9.79. The van der Waals surface area contributed by atoms with Crippen LogP contribution >= 0.6 is 0 Å². The minimum atomic E-state index is -0.919. The van der Waals surface area contributed by atoms with Crippen molar-refractivity contribution in [1.82, 2.24) is 4.90 Å². The van der Waals surface area contributed by atoms with Crippen LogP contribution in [0.3, 0.4) is 0 Å². The molecule has 0 radical (unpaired) electrons. The third-order valence-electron chi connectivity index (χ3n) is 5.28. The van der Waals surface area contributed by atoms with Crippen molar-refractivity contribution >= 4 is 12.1 Å². The van der Waals surface area contributed by atoms with Crippen LogP contribution in [0, 0.1) is 5.92 Å². The number of piperidine rings is 1. The van der Waals surface area contributed by atoms with E-state index in [4.69, 9.17) is 9.47 Å². The van der Waals surface area contributed by atoms with Gasteiger partial charge in [0.25, 0.3) is 0 Å². The molecule has 1 fully saturated rings. The van der Waals surface area contributed by atoms with Crippen molar-refractivity contribution < 1.29 is 24.2 Å². The lowest BCUT2D eigenvalue weighted by Crippen LogP contribution is -2.47. The highest BCUT2D eigenvalue weighted by Gasteiger charge is 2.38. The van der Waals surface area contributed by atoms with Gasteiger partial charge in [0.05, 0.1) is 13.0 Å². The molecule has 1 heterocycles. The summed E-state index contributed by atoms with van der Waals surface area (Å²) in [7, 11) is 1.60. The number of carbonyl (C=O) groups is 2. The van der Waals surface area contributed by atoms with Crippen LogP contribution in [0.2, 0.25) is 0 Å². The van der Waals surface area contributed by atoms with Crippen molar-refractivity contribution in [2.24, 2.45) is 5.92 Å². The van der Waals surface area contributed by atoms with Crippen LogP contribution in [0.4, 0.5) is 4.79 Å². The first-order valence-corrected chi connectivity index (χ1v) is 10.1.